The van der Waals surface area contributed by atoms with Gasteiger partial charge in [-0.1, -0.05) is 31.5 Å². The molecule has 0 unspecified atom stereocenters. The van der Waals surface area contributed by atoms with Gasteiger partial charge in [-0.25, -0.2) is 4.39 Å². The lowest BCUT2D eigenvalue weighted by atomic mass is 9.81. The van der Waals surface area contributed by atoms with E-state index in [1.807, 2.05) is 0 Å². The number of nitrogens with one attached hydrogen (secondary N) is 1. The molecule has 1 aliphatic carbocycles. The van der Waals surface area contributed by atoms with Crippen molar-refractivity contribution in [3.05, 3.63) is 29.8 Å². The van der Waals surface area contributed by atoms with Crippen molar-refractivity contribution in [3.63, 3.8) is 0 Å². The Bertz CT molecular complexity index is 500. The maximum Gasteiger partial charge on any atom is 0.253 e. The van der Waals surface area contributed by atoms with Gasteiger partial charge >= 0.3 is 0 Å². The predicted molar refractivity (Wildman–Crippen MR) is 74.3 cm³/mol. The van der Waals surface area contributed by atoms with E-state index in [-0.39, 0.29) is 11.5 Å². The van der Waals surface area contributed by atoms with Crippen LogP contribution in [0.15, 0.2) is 18.5 Å². The number of hydrogen-bond acceptors (Lipinski definition) is 3. The van der Waals surface area contributed by atoms with Crippen LogP contribution in [0.5, 0.6) is 0 Å². The molecule has 0 bridgehead atoms. The Morgan fingerprint density at radius 3 is 2.63 bits per heavy atom. The average molecular weight is 281 g/mol. The summed E-state index contributed by atoms with van der Waals surface area (Å²) in [4.78, 5) is 16.1. The van der Waals surface area contributed by atoms with Crippen LogP contribution in [0.4, 0.5) is 4.39 Å². The lowest BCUT2D eigenvalue weighted by Gasteiger charge is -2.37. The van der Waals surface area contributed by atoms with Crippen molar-refractivity contribution < 1.29 is 9.18 Å². The summed E-state index contributed by atoms with van der Waals surface area (Å²) >= 11 is 5.10. The number of rotatable bonds is 3. The molecule has 3 N–H and O–H groups in total. The molecule has 0 saturated heterocycles. The fourth-order valence-electron chi connectivity index (χ4n) is 2.41. The van der Waals surface area contributed by atoms with Crippen molar-refractivity contribution in [2.24, 2.45) is 5.73 Å². The number of nitrogens with two attached hydrogens (primary N) is 1. The van der Waals surface area contributed by atoms with Crippen molar-refractivity contribution in [1.82, 2.24) is 10.3 Å². The van der Waals surface area contributed by atoms with Crippen molar-refractivity contribution in [1.29, 1.82) is 0 Å². The lowest BCUT2D eigenvalue weighted by molar-refractivity contribution is 0.0907. The number of halogens is 1. The van der Waals surface area contributed by atoms with Gasteiger partial charge in [0.05, 0.1) is 22.3 Å². The molecule has 1 aromatic rings. The Kier molecular flexibility index (Phi) is 4.09. The van der Waals surface area contributed by atoms with Gasteiger partial charge in [-0.15, -0.1) is 0 Å². The van der Waals surface area contributed by atoms with E-state index in [1.54, 1.807) is 0 Å². The number of carbonyl (C=O) groups excluding carboxylic acids is 1. The summed E-state index contributed by atoms with van der Waals surface area (Å²) in [6.45, 7) is 0. The number of hydrogen-bond donors (Lipinski definition) is 2. The Morgan fingerprint density at radius 1 is 1.37 bits per heavy atom. The molecule has 2 rings (SSSR count). The molecule has 0 atom stereocenters. The van der Waals surface area contributed by atoms with Gasteiger partial charge in [0, 0.05) is 6.20 Å². The highest BCUT2D eigenvalue weighted by Gasteiger charge is 2.36. The number of thiocarbonyl (C=S) groups is 1. The van der Waals surface area contributed by atoms with Crippen LogP contribution >= 0.6 is 12.2 Å². The number of nitrogens with zero attached hydrogens (tertiary/aromatic N) is 1. The summed E-state index contributed by atoms with van der Waals surface area (Å²) in [5.74, 6) is -0.928. The quantitative estimate of drug-likeness (QED) is 0.831. The predicted octanol–water partition coefficient (Wildman–Crippen LogP) is 1.94. The van der Waals surface area contributed by atoms with Crippen LogP contribution in [0.2, 0.25) is 0 Å². The van der Waals surface area contributed by atoms with E-state index in [9.17, 15) is 9.18 Å². The van der Waals surface area contributed by atoms with E-state index in [0.717, 1.165) is 44.4 Å². The molecule has 1 saturated carbocycles. The smallest absolute Gasteiger partial charge is 0.253 e. The molecule has 0 aliphatic heterocycles. The molecule has 0 spiro atoms. The minimum absolute atomic E-state index is 0.182. The van der Waals surface area contributed by atoms with Gasteiger partial charge in [-0.05, 0) is 18.9 Å². The SMILES string of the molecule is NC(=S)C1(NC(=O)c2cncc(F)c2)CCCCC1. The Balaban J connectivity index is 2.18. The highest BCUT2D eigenvalue weighted by molar-refractivity contribution is 7.80. The first kappa shape index (κ1) is 13.9. The second-order valence-electron chi connectivity index (χ2n) is 4.85. The second kappa shape index (κ2) is 5.61. The minimum Gasteiger partial charge on any atom is -0.391 e. The third kappa shape index (κ3) is 3.07. The van der Waals surface area contributed by atoms with Crippen LogP contribution in [-0.4, -0.2) is 21.4 Å². The lowest BCUT2D eigenvalue weighted by Crippen LogP contribution is -2.57. The molecule has 1 fully saturated rings. The first-order valence-corrected chi connectivity index (χ1v) is 6.67. The van der Waals surface area contributed by atoms with Crippen LogP contribution in [0.25, 0.3) is 0 Å². The highest BCUT2D eigenvalue weighted by atomic mass is 32.1. The van der Waals surface area contributed by atoms with Crippen molar-refractivity contribution in [2.75, 3.05) is 0 Å². The standard InChI is InChI=1S/C13H16FN3OS/c14-10-6-9(7-16-8-10)11(18)17-13(12(15)19)4-2-1-3-5-13/h6-8H,1-5H2,(H2,15,19)(H,17,18). The van der Waals surface area contributed by atoms with Gasteiger partial charge in [0.15, 0.2) is 0 Å². The van der Waals surface area contributed by atoms with Crippen LogP contribution in [0.1, 0.15) is 42.5 Å². The van der Waals surface area contributed by atoms with Crippen molar-refractivity contribution in [3.8, 4) is 0 Å². The van der Waals surface area contributed by atoms with Crippen LogP contribution in [-0.2, 0) is 0 Å². The van der Waals surface area contributed by atoms with Crippen LogP contribution in [0.3, 0.4) is 0 Å². The molecular weight excluding hydrogens is 265 g/mol. The first-order chi connectivity index (χ1) is 9.03. The molecule has 0 radical (unpaired) electrons. The van der Waals surface area contributed by atoms with E-state index in [4.69, 9.17) is 18.0 Å². The molecule has 4 nitrogen and oxygen atoms in total. The largest absolute Gasteiger partial charge is 0.391 e. The van der Waals surface area contributed by atoms with E-state index in [0.29, 0.717) is 4.99 Å². The van der Waals surface area contributed by atoms with Gasteiger partial charge in [-0.2, -0.15) is 0 Å². The molecule has 6 heteroatoms. The molecule has 1 aliphatic rings. The summed E-state index contributed by atoms with van der Waals surface area (Å²) in [6.07, 6.45) is 6.91. The molecule has 1 amide bonds. The molecule has 19 heavy (non-hydrogen) atoms. The first-order valence-electron chi connectivity index (χ1n) is 6.26. The van der Waals surface area contributed by atoms with Gasteiger partial charge in [0.1, 0.15) is 5.82 Å². The number of amides is 1. The third-order valence-electron chi connectivity index (χ3n) is 3.50. The summed E-state index contributed by atoms with van der Waals surface area (Å²) in [5, 5.41) is 2.86. The van der Waals surface area contributed by atoms with Crippen LogP contribution < -0.4 is 11.1 Å². The zero-order valence-corrected chi connectivity index (χ0v) is 11.3. The highest BCUT2D eigenvalue weighted by Crippen LogP contribution is 2.29. The normalized spacial score (nSPS) is 17.7. The third-order valence-corrected chi connectivity index (χ3v) is 3.89. The van der Waals surface area contributed by atoms with Crippen LogP contribution in [0, 0.1) is 5.82 Å². The average Bonchev–Trinajstić information content (AvgIpc) is 2.39. The van der Waals surface area contributed by atoms with E-state index >= 15 is 0 Å². The van der Waals surface area contributed by atoms with Gasteiger partial charge < -0.3 is 11.1 Å². The summed E-state index contributed by atoms with van der Waals surface area (Å²) in [6, 6.07) is 1.15. The maximum atomic E-state index is 13.1. The molecule has 1 aromatic heterocycles. The Morgan fingerprint density at radius 2 is 2.05 bits per heavy atom. The molecule has 0 aromatic carbocycles. The summed E-state index contributed by atoms with van der Waals surface area (Å²) < 4.78 is 13.1. The molecule has 102 valence electrons. The Hall–Kier alpha value is -1.56. The van der Waals surface area contributed by atoms with Gasteiger partial charge in [-0.3, -0.25) is 9.78 Å². The van der Waals surface area contributed by atoms with Gasteiger partial charge in [0.25, 0.3) is 5.91 Å². The van der Waals surface area contributed by atoms with Crippen molar-refractivity contribution in [2.45, 2.75) is 37.6 Å². The minimum atomic E-state index is -0.642. The monoisotopic (exact) mass is 281 g/mol. The fourth-order valence-corrected chi connectivity index (χ4v) is 2.67. The second-order valence-corrected chi connectivity index (χ2v) is 5.29. The van der Waals surface area contributed by atoms with E-state index in [1.165, 1.54) is 6.20 Å². The maximum absolute atomic E-state index is 13.1. The zero-order chi connectivity index (χ0) is 13.9. The number of carbonyl (C=O) groups is 1. The van der Waals surface area contributed by atoms with Gasteiger partial charge in [0.2, 0.25) is 0 Å². The topological polar surface area (TPSA) is 68.0 Å². The molecule has 1 heterocycles. The zero-order valence-electron chi connectivity index (χ0n) is 10.5. The number of aromatic nitrogens is 1. The number of pyridine rings is 1. The van der Waals surface area contributed by atoms with E-state index in [2.05, 4.69) is 10.3 Å². The molecular formula is C13H16FN3OS. The fraction of sp³-hybridized carbons (Fsp3) is 0.462. The van der Waals surface area contributed by atoms with E-state index < -0.39 is 11.4 Å². The Labute approximate surface area is 116 Å². The summed E-state index contributed by atoms with van der Waals surface area (Å²) in [7, 11) is 0. The van der Waals surface area contributed by atoms with Crippen molar-refractivity contribution >= 4 is 23.1 Å². The summed E-state index contributed by atoms with van der Waals surface area (Å²) in [5.41, 5.74) is 5.33.